The number of aromatic nitrogens is 3. The van der Waals surface area contributed by atoms with Crippen LogP contribution in [0.3, 0.4) is 0 Å². The third-order valence-corrected chi connectivity index (χ3v) is 4.27. The molecule has 0 radical (unpaired) electrons. The quantitative estimate of drug-likeness (QED) is 0.687. The molecule has 0 saturated carbocycles. The van der Waals surface area contributed by atoms with Gasteiger partial charge in [-0.15, -0.1) is 0 Å². The van der Waals surface area contributed by atoms with Gasteiger partial charge in [-0.2, -0.15) is 13.2 Å². The van der Waals surface area contributed by atoms with Gasteiger partial charge in [0.25, 0.3) is 5.56 Å². The molecule has 9 heteroatoms. The first-order chi connectivity index (χ1) is 13.7. The molecule has 3 aromatic rings. The lowest BCUT2D eigenvalue weighted by atomic mass is 10.1. The van der Waals surface area contributed by atoms with Gasteiger partial charge in [0.05, 0.1) is 12.0 Å². The Morgan fingerprint density at radius 3 is 2.48 bits per heavy atom. The summed E-state index contributed by atoms with van der Waals surface area (Å²) in [5, 5.41) is 2.60. The van der Waals surface area contributed by atoms with Crippen LogP contribution in [0.2, 0.25) is 0 Å². The third kappa shape index (κ3) is 5.07. The molecule has 2 heterocycles. The fourth-order valence-corrected chi connectivity index (χ4v) is 2.69. The second-order valence-corrected chi connectivity index (χ2v) is 6.37. The minimum atomic E-state index is -4.41. The Kier molecular flexibility index (Phi) is 5.76. The Hall–Kier alpha value is -3.49. The van der Waals surface area contributed by atoms with Crippen molar-refractivity contribution in [2.75, 3.05) is 0 Å². The largest absolute Gasteiger partial charge is 0.416 e. The van der Waals surface area contributed by atoms with E-state index in [0.717, 1.165) is 12.1 Å². The summed E-state index contributed by atoms with van der Waals surface area (Å²) < 4.78 is 37.7. The summed E-state index contributed by atoms with van der Waals surface area (Å²) in [6.45, 7) is 1.68. The molecule has 29 heavy (non-hydrogen) atoms. The van der Waals surface area contributed by atoms with Gasteiger partial charge >= 0.3 is 6.18 Å². The van der Waals surface area contributed by atoms with Crippen molar-refractivity contribution in [2.45, 2.75) is 26.1 Å². The molecule has 0 fully saturated rings. The van der Waals surface area contributed by atoms with Crippen molar-refractivity contribution in [1.82, 2.24) is 20.3 Å². The average Bonchev–Trinajstić information content (AvgIpc) is 2.69. The molecule has 3 rings (SSSR count). The molecule has 0 bridgehead atoms. The topological polar surface area (TPSA) is 87.7 Å². The van der Waals surface area contributed by atoms with E-state index in [4.69, 9.17) is 0 Å². The van der Waals surface area contributed by atoms with Gasteiger partial charge in [-0.1, -0.05) is 12.1 Å². The van der Waals surface area contributed by atoms with E-state index in [1.54, 1.807) is 31.5 Å². The maximum absolute atomic E-state index is 12.6. The summed E-state index contributed by atoms with van der Waals surface area (Å²) in [7, 11) is 0. The molecule has 0 saturated heterocycles. The molecule has 2 aromatic heterocycles. The second kappa shape index (κ2) is 8.26. The zero-order valence-corrected chi connectivity index (χ0v) is 15.4. The standard InChI is InChI=1S/C20H17F3N4O2/c1-12-16(19(29)27-18(26-12)14-3-2-8-24-11-14)9-17(28)25-10-13-4-6-15(7-5-13)20(21,22)23/h2-8,11H,9-10H2,1H3,(H,25,28)(H,26,27,29). The summed E-state index contributed by atoms with van der Waals surface area (Å²) in [4.78, 5) is 35.5. The third-order valence-electron chi connectivity index (χ3n) is 4.27. The molecule has 1 amide bonds. The van der Waals surface area contributed by atoms with E-state index in [0.29, 0.717) is 22.6 Å². The van der Waals surface area contributed by atoms with Gasteiger partial charge in [-0.05, 0) is 36.8 Å². The molecule has 0 spiro atoms. The minimum absolute atomic E-state index is 0.0507. The van der Waals surface area contributed by atoms with Crippen LogP contribution >= 0.6 is 0 Å². The van der Waals surface area contributed by atoms with E-state index < -0.39 is 23.2 Å². The smallest absolute Gasteiger partial charge is 0.352 e. The molecular formula is C20H17F3N4O2. The van der Waals surface area contributed by atoms with Crippen LogP contribution in [0.4, 0.5) is 13.2 Å². The highest BCUT2D eigenvalue weighted by molar-refractivity contribution is 5.78. The summed E-state index contributed by atoms with van der Waals surface area (Å²) in [6.07, 6.45) is -1.44. The lowest BCUT2D eigenvalue weighted by molar-refractivity contribution is -0.137. The number of carbonyl (C=O) groups excluding carboxylic acids is 1. The van der Waals surface area contributed by atoms with E-state index in [2.05, 4.69) is 20.3 Å². The molecule has 0 atom stereocenters. The van der Waals surface area contributed by atoms with E-state index in [-0.39, 0.29) is 18.5 Å². The number of aromatic amines is 1. The first-order valence-electron chi connectivity index (χ1n) is 8.67. The first-order valence-corrected chi connectivity index (χ1v) is 8.67. The zero-order chi connectivity index (χ0) is 21.0. The van der Waals surface area contributed by atoms with Crippen LogP contribution in [0.25, 0.3) is 11.4 Å². The fourth-order valence-electron chi connectivity index (χ4n) is 2.69. The van der Waals surface area contributed by atoms with Gasteiger partial charge in [-0.25, -0.2) is 4.98 Å². The highest BCUT2D eigenvalue weighted by Crippen LogP contribution is 2.29. The van der Waals surface area contributed by atoms with Crippen molar-refractivity contribution in [2.24, 2.45) is 0 Å². The maximum Gasteiger partial charge on any atom is 0.416 e. The van der Waals surface area contributed by atoms with Crippen molar-refractivity contribution < 1.29 is 18.0 Å². The normalized spacial score (nSPS) is 11.3. The number of pyridine rings is 1. The summed E-state index contributed by atoms with van der Waals surface area (Å²) >= 11 is 0. The van der Waals surface area contributed by atoms with Crippen LogP contribution in [0.5, 0.6) is 0 Å². The monoisotopic (exact) mass is 402 g/mol. The van der Waals surface area contributed by atoms with Crippen LogP contribution in [-0.4, -0.2) is 20.9 Å². The number of hydrogen-bond donors (Lipinski definition) is 2. The number of rotatable bonds is 5. The molecular weight excluding hydrogens is 385 g/mol. The number of nitrogens with zero attached hydrogens (tertiary/aromatic N) is 2. The van der Waals surface area contributed by atoms with Crippen LogP contribution < -0.4 is 10.9 Å². The number of H-pyrrole nitrogens is 1. The molecule has 150 valence electrons. The predicted molar refractivity (Wildman–Crippen MR) is 99.8 cm³/mol. The first kappa shape index (κ1) is 20.2. The molecule has 1 aromatic carbocycles. The van der Waals surface area contributed by atoms with Gasteiger partial charge in [0, 0.05) is 35.8 Å². The van der Waals surface area contributed by atoms with E-state index in [9.17, 15) is 22.8 Å². The summed E-state index contributed by atoms with van der Waals surface area (Å²) in [5.41, 5.74) is 0.614. The van der Waals surface area contributed by atoms with E-state index >= 15 is 0 Å². The van der Waals surface area contributed by atoms with E-state index in [1.807, 2.05) is 0 Å². The Morgan fingerprint density at radius 1 is 1.17 bits per heavy atom. The van der Waals surface area contributed by atoms with Gasteiger partial charge in [0.15, 0.2) is 0 Å². The van der Waals surface area contributed by atoms with Crippen LogP contribution in [0.15, 0.2) is 53.6 Å². The Bertz CT molecular complexity index is 1060. The number of nitrogens with one attached hydrogen (secondary N) is 2. The van der Waals surface area contributed by atoms with Gasteiger partial charge < -0.3 is 10.3 Å². The molecule has 2 N–H and O–H groups in total. The molecule has 0 unspecified atom stereocenters. The highest BCUT2D eigenvalue weighted by atomic mass is 19.4. The van der Waals surface area contributed by atoms with Crippen molar-refractivity contribution in [3.8, 4) is 11.4 Å². The second-order valence-electron chi connectivity index (χ2n) is 6.37. The van der Waals surface area contributed by atoms with Crippen molar-refractivity contribution in [1.29, 1.82) is 0 Å². The average molecular weight is 402 g/mol. The number of hydrogen-bond acceptors (Lipinski definition) is 4. The maximum atomic E-state index is 12.6. The highest BCUT2D eigenvalue weighted by Gasteiger charge is 2.29. The molecule has 6 nitrogen and oxygen atoms in total. The van der Waals surface area contributed by atoms with Crippen molar-refractivity contribution in [3.05, 3.63) is 81.5 Å². The number of halogens is 3. The Morgan fingerprint density at radius 2 is 1.90 bits per heavy atom. The summed E-state index contributed by atoms with van der Waals surface area (Å²) in [5.74, 6) is -0.0797. The zero-order valence-electron chi connectivity index (χ0n) is 15.4. The fraction of sp³-hybridized carbons (Fsp3) is 0.200. The number of carbonyl (C=O) groups is 1. The van der Waals surface area contributed by atoms with Crippen LogP contribution in [-0.2, 0) is 23.9 Å². The molecule has 0 aliphatic carbocycles. The van der Waals surface area contributed by atoms with Gasteiger partial charge in [0.1, 0.15) is 5.82 Å². The number of alkyl halides is 3. The van der Waals surface area contributed by atoms with Crippen LogP contribution in [0, 0.1) is 6.92 Å². The summed E-state index contributed by atoms with van der Waals surface area (Å²) in [6, 6.07) is 7.97. The van der Waals surface area contributed by atoms with Crippen molar-refractivity contribution in [3.63, 3.8) is 0 Å². The predicted octanol–water partition coefficient (Wildman–Crippen LogP) is 3.02. The lowest BCUT2D eigenvalue weighted by Crippen LogP contribution is -2.28. The Labute approximate surface area is 163 Å². The Balaban J connectivity index is 1.66. The number of amides is 1. The number of aryl methyl sites for hydroxylation is 1. The van der Waals surface area contributed by atoms with Crippen LogP contribution in [0.1, 0.15) is 22.4 Å². The minimum Gasteiger partial charge on any atom is -0.352 e. The molecule has 0 aliphatic heterocycles. The van der Waals surface area contributed by atoms with Gasteiger partial charge in [-0.3, -0.25) is 14.6 Å². The molecule has 0 aliphatic rings. The number of benzene rings is 1. The van der Waals surface area contributed by atoms with Gasteiger partial charge in [0.2, 0.25) is 5.91 Å². The van der Waals surface area contributed by atoms with E-state index in [1.165, 1.54) is 12.1 Å². The SMILES string of the molecule is Cc1nc(-c2cccnc2)[nH]c(=O)c1CC(=O)NCc1ccc(C(F)(F)F)cc1. The lowest BCUT2D eigenvalue weighted by Gasteiger charge is -2.10. The van der Waals surface area contributed by atoms with Crippen molar-refractivity contribution >= 4 is 5.91 Å².